The van der Waals surface area contributed by atoms with Crippen molar-refractivity contribution in [2.24, 2.45) is 0 Å². The monoisotopic (exact) mass is 315 g/mol. The molecule has 0 bridgehead atoms. The Morgan fingerprint density at radius 3 is 2.65 bits per heavy atom. The summed E-state index contributed by atoms with van der Waals surface area (Å²) in [6, 6.07) is 6.96. The number of carbonyl (C=O) groups is 1. The number of aryl methyl sites for hydroxylation is 1. The molecule has 1 saturated heterocycles. The van der Waals surface area contributed by atoms with Crippen LogP contribution in [0.5, 0.6) is 0 Å². The number of urea groups is 1. The highest BCUT2D eigenvalue weighted by Gasteiger charge is 2.45. The summed E-state index contributed by atoms with van der Waals surface area (Å²) in [5.41, 5.74) is 4.34. The molecule has 4 nitrogen and oxygen atoms in total. The van der Waals surface area contributed by atoms with Gasteiger partial charge in [-0.2, -0.15) is 0 Å². The number of hydrogen-bond acceptors (Lipinski definition) is 2. The Bertz CT molecular complexity index is 588. The molecule has 1 aliphatic carbocycles. The smallest absolute Gasteiger partial charge is 0.317 e. The third-order valence-corrected chi connectivity index (χ3v) is 5.71. The molecule has 2 aliphatic rings. The van der Waals surface area contributed by atoms with Crippen molar-refractivity contribution >= 4 is 6.03 Å². The Kier molecular flexibility index (Phi) is 4.37. The van der Waals surface area contributed by atoms with Crippen LogP contribution in [-0.2, 0) is 5.41 Å². The Morgan fingerprint density at radius 2 is 2.04 bits per heavy atom. The van der Waals surface area contributed by atoms with E-state index in [0.29, 0.717) is 0 Å². The quantitative estimate of drug-likeness (QED) is 0.910. The summed E-state index contributed by atoms with van der Waals surface area (Å²) in [5.74, 6) is 0. The molecule has 4 heteroatoms. The number of hydrogen-bond donors (Lipinski definition) is 1. The van der Waals surface area contributed by atoms with Gasteiger partial charge in [0.15, 0.2) is 0 Å². The first-order valence-corrected chi connectivity index (χ1v) is 8.76. The molecule has 1 spiro atoms. The summed E-state index contributed by atoms with van der Waals surface area (Å²) in [6.45, 7) is 7.84. The fourth-order valence-corrected chi connectivity index (χ4v) is 4.24. The first kappa shape index (κ1) is 16.3. The van der Waals surface area contributed by atoms with E-state index in [2.05, 4.69) is 42.3 Å². The third kappa shape index (κ3) is 2.97. The topological polar surface area (TPSA) is 35.6 Å². The molecule has 1 aromatic rings. The lowest BCUT2D eigenvalue weighted by molar-refractivity contribution is 0.157. The largest absolute Gasteiger partial charge is 0.331 e. The number of likely N-dealkylation sites (tertiary alicyclic amines) is 1. The lowest BCUT2D eigenvalue weighted by Crippen LogP contribution is -2.42. The average molecular weight is 315 g/mol. The van der Waals surface area contributed by atoms with Gasteiger partial charge in [-0.05, 0) is 56.9 Å². The van der Waals surface area contributed by atoms with Crippen LogP contribution in [-0.4, -0.2) is 49.6 Å². The Labute approximate surface area is 139 Å². The van der Waals surface area contributed by atoms with E-state index < -0.39 is 0 Å². The highest BCUT2D eigenvalue weighted by atomic mass is 16.2. The van der Waals surface area contributed by atoms with Crippen molar-refractivity contribution in [3.05, 3.63) is 34.9 Å². The van der Waals surface area contributed by atoms with E-state index in [0.717, 1.165) is 26.1 Å². The lowest BCUT2D eigenvalue weighted by atomic mass is 9.73. The van der Waals surface area contributed by atoms with Crippen molar-refractivity contribution in [3.8, 4) is 0 Å². The van der Waals surface area contributed by atoms with E-state index in [1.807, 2.05) is 0 Å². The van der Waals surface area contributed by atoms with Gasteiger partial charge in [0, 0.05) is 19.5 Å². The maximum Gasteiger partial charge on any atom is 0.317 e. The molecule has 1 N–H and O–H groups in total. The zero-order valence-corrected chi connectivity index (χ0v) is 14.9. The fraction of sp³-hybridized carbons (Fsp3) is 0.632. The molecule has 23 heavy (non-hydrogen) atoms. The number of rotatable bonds is 2. The normalized spacial score (nSPS) is 22.9. The molecular weight excluding hydrogens is 286 g/mol. The minimum Gasteiger partial charge on any atom is -0.331 e. The van der Waals surface area contributed by atoms with Gasteiger partial charge in [0.1, 0.15) is 0 Å². The third-order valence-electron chi connectivity index (χ3n) is 5.71. The van der Waals surface area contributed by atoms with Crippen LogP contribution in [0.25, 0.3) is 0 Å². The van der Waals surface area contributed by atoms with Crippen molar-refractivity contribution in [2.75, 3.05) is 33.7 Å². The van der Waals surface area contributed by atoms with Crippen molar-refractivity contribution in [3.63, 3.8) is 0 Å². The van der Waals surface area contributed by atoms with Crippen LogP contribution in [0.1, 0.15) is 48.9 Å². The number of piperidine rings is 1. The van der Waals surface area contributed by atoms with E-state index in [1.54, 1.807) is 19.0 Å². The number of amides is 2. The molecule has 1 aliphatic heterocycles. The van der Waals surface area contributed by atoms with Gasteiger partial charge in [0.2, 0.25) is 0 Å². The van der Waals surface area contributed by atoms with Gasteiger partial charge in [-0.25, -0.2) is 4.79 Å². The molecule has 1 fully saturated rings. The maximum atomic E-state index is 12.2. The minimum atomic E-state index is 0.00509. The van der Waals surface area contributed by atoms with E-state index in [1.165, 1.54) is 29.5 Å². The molecule has 0 aromatic heterocycles. The second-order valence-corrected chi connectivity index (χ2v) is 7.41. The second-order valence-electron chi connectivity index (χ2n) is 7.41. The summed E-state index contributed by atoms with van der Waals surface area (Å²) in [6.07, 6.45) is 3.44. The second kappa shape index (κ2) is 6.16. The SMILES string of the molecule is CCN1CCC2(CC1)CC(NC(=O)N(C)C)c1cc(C)ccc12. The molecule has 0 radical (unpaired) electrons. The van der Waals surface area contributed by atoms with Gasteiger partial charge in [0.05, 0.1) is 6.04 Å². The van der Waals surface area contributed by atoms with Gasteiger partial charge >= 0.3 is 6.03 Å². The van der Waals surface area contributed by atoms with Crippen molar-refractivity contribution in [1.29, 1.82) is 0 Å². The Hall–Kier alpha value is -1.55. The standard InChI is InChI=1S/C19H29N3O/c1-5-22-10-8-19(9-11-22)13-17(20-18(23)21(3)4)15-12-14(2)6-7-16(15)19/h6-7,12,17H,5,8-11,13H2,1-4H3,(H,20,23). The zero-order chi connectivity index (χ0) is 16.6. The molecular formula is C19H29N3O. The molecule has 1 unspecified atom stereocenters. The van der Waals surface area contributed by atoms with Crippen molar-refractivity contribution in [1.82, 2.24) is 15.1 Å². The minimum absolute atomic E-state index is 0.00509. The molecule has 1 atom stereocenters. The molecule has 0 saturated carbocycles. The number of nitrogens with zero attached hydrogens (tertiary/aromatic N) is 2. The zero-order valence-electron chi connectivity index (χ0n) is 14.9. The van der Waals surface area contributed by atoms with E-state index in [-0.39, 0.29) is 17.5 Å². The van der Waals surface area contributed by atoms with Crippen LogP contribution in [0.4, 0.5) is 4.79 Å². The average Bonchev–Trinajstić information content (AvgIpc) is 2.81. The number of benzene rings is 1. The van der Waals surface area contributed by atoms with Gasteiger partial charge in [0.25, 0.3) is 0 Å². The van der Waals surface area contributed by atoms with Crippen LogP contribution in [0, 0.1) is 6.92 Å². The predicted octanol–water partition coefficient (Wildman–Crippen LogP) is 3.06. The van der Waals surface area contributed by atoms with Crippen LogP contribution in [0.15, 0.2) is 18.2 Å². The van der Waals surface area contributed by atoms with Gasteiger partial charge in [-0.15, -0.1) is 0 Å². The Morgan fingerprint density at radius 1 is 1.35 bits per heavy atom. The first-order valence-electron chi connectivity index (χ1n) is 8.76. The van der Waals surface area contributed by atoms with Crippen molar-refractivity contribution < 1.29 is 4.79 Å². The first-order chi connectivity index (χ1) is 10.9. The van der Waals surface area contributed by atoms with Crippen LogP contribution >= 0.6 is 0 Å². The lowest BCUT2D eigenvalue weighted by Gasteiger charge is -2.40. The summed E-state index contributed by atoms with van der Waals surface area (Å²) >= 11 is 0. The summed E-state index contributed by atoms with van der Waals surface area (Å²) < 4.78 is 0. The van der Waals surface area contributed by atoms with E-state index in [4.69, 9.17) is 0 Å². The van der Waals surface area contributed by atoms with Gasteiger partial charge < -0.3 is 15.1 Å². The van der Waals surface area contributed by atoms with Crippen LogP contribution < -0.4 is 5.32 Å². The van der Waals surface area contributed by atoms with Crippen LogP contribution in [0.3, 0.4) is 0 Å². The van der Waals surface area contributed by atoms with E-state index in [9.17, 15) is 4.79 Å². The molecule has 1 aromatic carbocycles. The number of carbonyl (C=O) groups excluding carboxylic acids is 1. The highest BCUT2D eigenvalue weighted by molar-refractivity contribution is 5.74. The van der Waals surface area contributed by atoms with Gasteiger partial charge in [-0.3, -0.25) is 0 Å². The maximum absolute atomic E-state index is 12.2. The summed E-state index contributed by atoms with van der Waals surface area (Å²) in [5, 5.41) is 3.23. The number of nitrogens with one attached hydrogen (secondary N) is 1. The van der Waals surface area contributed by atoms with Crippen LogP contribution in [0.2, 0.25) is 0 Å². The van der Waals surface area contributed by atoms with Crippen molar-refractivity contribution in [2.45, 2.75) is 44.6 Å². The number of fused-ring (bicyclic) bond motifs is 2. The molecule has 2 amide bonds. The highest BCUT2D eigenvalue weighted by Crippen LogP contribution is 2.51. The van der Waals surface area contributed by atoms with Gasteiger partial charge in [-0.1, -0.05) is 30.7 Å². The predicted molar refractivity (Wildman–Crippen MR) is 93.8 cm³/mol. The Balaban J connectivity index is 1.89. The summed E-state index contributed by atoms with van der Waals surface area (Å²) in [7, 11) is 3.61. The molecule has 126 valence electrons. The summed E-state index contributed by atoms with van der Waals surface area (Å²) in [4.78, 5) is 16.3. The fourth-order valence-electron chi connectivity index (χ4n) is 4.24. The molecule has 3 rings (SSSR count). The van der Waals surface area contributed by atoms with E-state index >= 15 is 0 Å². The molecule has 1 heterocycles.